The molecule has 4 nitrogen and oxygen atoms in total. The van der Waals surface area contributed by atoms with Crippen molar-refractivity contribution >= 4 is 27.5 Å². The Morgan fingerprint density at radius 1 is 1.38 bits per heavy atom. The summed E-state index contributed by atoms with van der Waals surface area (Å²) < 4.78 is 27.9. The third kappa shape index (κ3) is 3.30. The normalized spacial score (nSPS) is 11.4. The molecule has 6 heteroatoms. The first-order chi connectivity index (χ1) is 7.47. The van der Waals surface area contributed by atoms with Gasteiger partial charge in [-0.1, -0.05) is 18.2 Å². The highest BCUT2D eigenvalue weighted by Gasteiger charge is 2.18. The molecule has 0 amide bonds. The smallest absolute Gasteiger partial charge is 0.296 e. The van der Waals surface area contributed by atoms with Crippen LogP contribution in [0.25, 0.3) is 0 Å². The van der Waals surface area contributed by atoms with Crippen LogP contribution in [0.1, 0.15) is 5.56 Å². The van der Waals surface area contributed by atoms with Gasteiger partial charge in [-0.15, -0.1) is 11.6 Å². The molecule has 0 unspecified atom stereocenters. The highest BCUT2D eigenvalue weighted by molar-refractivity contribution is 7.86. The van der Waals surface area contributed by atoms with Gasteiger partial charge in [0.15, 0.2) is 5.78 Å². The number of aryl methyl sites for hydroxylation is 1. The lowest BCUT2D eigenvalue weighted by atomic mass is 10.2. The zero-order valence-electron chi connectivity index (χ0n) is 8.64. The molecule has 0 N–H and O–H groups in total. The molecule has 0 heterocycles. The molecule has 0 aliphatic carbocycles. The van der Waals surface area contributed by atoms with E-state index in [9.17, 15) is 13.2 Å². The highest BCUT2D eigenvalue weighted by Crippen LogP contribution is 2.16. The van der Waals surface area contributed by atoms with Crippen molar-refractivity contribution in [2.75, 3.05) is 12.5 Å². The molecule has 1 aromatic carbocycles. The summed E-state index contributed by atoms with van der Waals surface area (Å²) in [6.07, 6.45) is 0. The van der Waals surface area contributed by atoms with Crippen LogP contribution in [0.5, 0.6) is 0 Å². The summed E-state index contributed by atoms with van der Waals surface area (Å²) in [7, 11) is -3.88. The van der Waals surface area contributed by atoms with Gasteiger partial charge < -0.3 is 0 Å². The number of rotatable bonds is 5. The van der Waals surface area contributed by atoms with Gasteiger partial charge in [-0.05, 0) is 18.6 Å². The van der Waals surface area contributed by atoms with Crippen LogP contribution in [-0.4, -0.2) is 26.7 Å². The Morgan fingerprint density at radius 3 is 2.56 bits per heavy atom. The van der Waals surface area contributed by atoms with E-state index in [2.05, 4.69) is 4.18 Å². The number of ketones is 1. The lowest BCUT2D eigenvalue weighted by molar-refractivity contribution is -0.118. The van der Waals surface area contributed by atoms with E-state index in [0.717, 1.165) is 0 Å². The molecule has 0 saturated carbocycles. The van der Waals surface area contributed by atoms with Crippen LogP contribution in [0.3, 0.4) is 0 Å². The Hall–Kier alpha value is -0.910. The third-order valence-corrected chi connectivity index (χ3v) is 3.61. The van der Waals surface area contributed by atoms with Gasteiger partial charge in [-0.25, -0.2) is 0 Å². The Balaban J connectivity index is 2.87. The summed E-state index contributed by atoms with van der Waals surface area (Å²) in [6, 6.07) is 6.39. The predicted octanol–water partition coefficient (Wildman–Crippen LogP) is 1.51. The maximum atomic E-state index is 11.7. The molecule has 88 valence electrons. The van der Waals surface area contributed by atoms with Gasteiger partial charge in [0, 0.05) is 0 Å². The second-order valence-electron chi connectivity index (χ2n) is 3.15. The van der Waals surface area contributed by atoms with Crippen molar-refractivity contribution in [3.63, 3.8) is 0 Å². The minimum atomic E-state index is -3.88. The van der Waals surface area contributed by atoms with Crippen molar-refractivity contribution in [2.24, 2.45) is 0 Å². The number of hydrogen-bond donors (Lipinski definition) is 0. The van der Waals surface area contributed by atoms with Gasteiger partial charge in [-0.2, -0.15) is 8.42 Å². The molecule has 0 radical (unpaired) electrons. The average Bonchev–Trinajstić information content (AvgIpc) is 2.26. The van der Waals surface area contributed by atoms with Crippen LogP contribution in [0.15, 0.2) is 29.2 Å². The van der Waals surface area contributed by atoms with E-state index in [-0.39, 0.29) is 10.8 Å². The summed E-state index contributed by atoms with van der Waals surface area (Å²) in [5.41, 5.74) is 0.570. The number of Topliss-reactive ketones (excluding diaryl/α,β-unsaturated/α-hetero) is 1. The molecular weight excluding hydrogens is 252 g/mol. The van der Waals surface area contributed by atoms with E-state index in [1.807, 2.05) is 0 Å². The maximum Gasteiger partial charge on any atom is 0.297 e. The number of benzene rings is 1. The van der Waals surface area contributed by atoms with Crippen molar-refractivity contribution in [1.29, 1.82) is 0 Å². The molecule has 1 aromatic rings. The molecule has 0 spiro atoms. The van der Waals surface area contributed by atoms with Crippen LogP contribution in [0.4, 0.5) is 0 Å². The molecule has 0 bridgehead atoms. The molecule has 0 atom stereocenters. The second-order valence-corrected chi connectivity index (χ2v) is 5.01. The van der Waals surface area contributed by atoms with Crippen molar-refractivity contribution in [1.82, 2.24) is 0 Å². The van der Waals surface area contributed by atoms with Crippen LogP contribution in [0, 0.1) is 6.92 Å². The first-order valence-corrected chi connectivity index (χ1v) is 6.44. The van der Waals surface area contributed by atoms with E-state index in [1.165, 1.54) is 6.07 Å². The zero-order chi connectivity index (χ0) is 12.2. The molecular formula is C10H11ClO4S. The fourth-order valence-corrected chi connectivity index (χ4v) is 2.28. The summed E-state index contributed by atoms with van der Waals surface area (Å²) in [5, 5.41) is 0. The van der Waals surface area contributed by atoms with Crippen LogP contribution < -0.4 is 0 Å². The van der Waals surface area contributed by atoms with Gasteiger partial charge in [-0.3, -0.25) is 8.98 Å². The summed E-state index contributed by atoms with van der Waals surface area (Å²) in [4.78, 5) is 10.9. The quantitative estimate of drug-likeness (QED) is 0.596. The number of carbonyl (C=O) groups excluding carboxylic acids is 1. The Labute approximate surface area is 99.3 Å². The molecule has 0 saturated heterocycles. The first kappa shape index (κ1) is 13.2. The topological polar surface area (TPSA) is 60.4 Å². The van der Waals surface area contributed by atoms with E-state index in [0.29, 0.717) is 5.56 Å². The number of carbonyl (C=O) groups is 1. The summed E-state index contributed by atoms with van der Waals surface area (Å²) in [5.74, 6) is -0.734. The maximum absolute atomic E-state index is 11.7. The fourth-order valence-electron chi connectivity index (χ4n) is 1.08. The fraction of sp³-hybridized carbons (Fsp3) is 0.300. The average molecular weight is 263 g/mol. The van der Waals surface area contributed by atoms with Crippen molar-refractivity contribution < 1.29 is 17.4 Å². The Kier molecular flexibility index (Phi) is 4.46. The Bertz CT molecular complexity index is 481. The molecule has 16 heavy (non-hydrogen) atoms. The second kappa shape index (κ2) is 5.43. The van der Waals surface area contributed by atoms with Crippen molar-refractivity contribution in [3.8, 4) is 0 Å². The standard InChI is InChI=1S/C10H11ClO4S/c1-8-4-2-3-5-10(8)16(13,14)15-7-9(12)6-11/h2-5H,6-7H2,1H3. The van der Waals surface area contributed by atoms with E-state index < -0.39 is 22.5 Å². The van der Waals surface area contributed by atoms with Crippen LogP contribution >= 0.6 is 11.6 Å². The van der Waals surface area contributed by atoms with Crippen LogP contribution in [-0.2, 0) is 19.1 Å². The highest BCUT2D eigenvalue weighted by atomic mass is 35.5. The van der Waals surface area contributed by atoms with Gasteiger partial charge in [0.1, 0.15) is 6.61 Å². The molecule has 0 aliphatic rings. The van der Waals surface area contributed by atoms with E-state index >= 15 is 0 Å². The van der Waals surface area contributed by atoms with Crippen LogP contribution in [0.2, 0.25) is 0 Å². The Morgan fingerprint density at radius 2 is 2.00 bits per heavy atom. The number of halogens is 1. The first-order valence-electron chi connectivity index (χ1n) is 4.50. The minimum absolute atomic E-state index is 0.0670. The molecule has 0 fully saturated rings. The zero-order valence-corrected chi connectivity index (χ0v) is 10.2. The molecule has 0 aromatic heterocycles. The lowest BCUT2D eigenvalue weighted by Gasteiger charge is -2.06. The monoisotopic (exact) mass is 262 g/mol. The number of alkyl halides is 1. The SMILES string of the molecule is Cc1ccccc1S(=O)(=O)OCC(=O)CCl. The van der Waals surface area contributed by atoms with Crippen molar-refractivity contribution in [2.45, 2.75) is 11.8 Å². The third-order valence-electron chi connectivity index (χ3n) is 1.89. The summed E-state index contributed by atoms with van der Waals surface area (Å²) >= 11 is 5.23. The lowest BCUT2D eigenvalue weighted by Crippen LogP contribution is -2.16. The van der Waals surface area contributed by atoms with Gasteiger partial charge in [0.05, 0.1) is 10.8 Å². The van der Waals surface area contributed by atoms with E-state index in [4.69, 9.17) is 11.6 Å². The van der Waals surface area contributed by atoms with E-state index in [1.54, 1.807) is 25.1 Å². The van der Waals surface area contributed by atoms with Gasteiger partial charge >= 0.3 is 0 Å². The number of hydrogen-bond acceptors (Lipinski definition) is 4. The molecule has 1 rings (SSSR count). The predicted molar refractivity (Wildman–Crippen MR) is 60.0 cm³/mol. The molecule has 0 aliphatic heterocycles. The van der Waals surface area contributed by atoms with Crippen molar-refractivity contribution in [3.05, 3.63) is 29.8 Å². The minimum Gasteiger partial charge on any atom is -0.296 e. The van der Waals surface area contributed by atoms with Gasteiger partial charge in [0.2, 0.25) is 0 Å². The summed E-state index contributed by atoms with van der Waals surface area (Å²) in [6.45, 7) is 1.12. The largest absolute Gasteiger partial charge is 0.297 e. The van der Waals surface area contributed by atoms with Gasteiger partial charge in [0.25, 0.3) is 10.1 Å².